The summed E-state index contributed by atoms with van der Waals surface area (Å²) in [5.41, 5.74) is 2.78. The summed E-state index contributed by atoms with van der Waals surface area (Å²) < 4.78 is 7.32. The van der Waals surface area contributed by atoms with Crippen LogP contribution in [0.2, 0.25) is 0 Å². The van der Waals surface area contributed by atoms with Crippen LogP contribution < -0.4 is 5.56 Å². The zero-order valence-corrected chi connectivity index (χ0v) is 21.4. The molecule has 36 heavy (non-hydrogen) atoms. The van der Waals surface area contributed by atoms with Gasteiger partial charge in [0.25, 0.3) is 11.5 Å². The van der Waals surface area contributed by atoms with Crippen LogP contribution in [-0.2, 0) is 24.2 Å². The highest BCUT2D eigenvalue weighted by Gasteiger charge is 2.33. The van der Waals surface area contributed by atoms with E-state index >= 15 is 0 Å². The second-order valence-corrected chi connectivity index (χ2v) is 9.38. The highest BCUT2D eigenvalue weighted by atomic mass is 16.5. The van der Waals surface area contributed by atoms with Gasteiger partial charge in [-0.2, -0.15) is 4.98 Å². The number of pyridine rings is 1. The van der Waals surface area contributed by atoms with E-state index in [9.17, 15) is 14.7 Å². The first kappa shape index (κ1) is 25.6. The van der Waals surface area contributed by atoms with Crippen molar-refractivity contribution in [3.63, 3.8) is 0 Å². The predicted octanol–water partition coefficient (Wildman–Crippen LogP) is 4.01. The zero-order valence-electron chi connectivity index (χ0n) is 21.4. The normalized spacial score (nSPS) is 15.6. The van der Waals surface area contributed by atoms with E-state index in [0.717, 1.165) is 28.8 Å². The zero-order chi connectivity index (χ0) is 25.8. The summed E-state index contributed by atoms with van der Waals surface area (Å²) in [7, 11) is 0. The lowest BCUT2D eigenvalue weighted by Gasteiger charge is -2.23. The van der Waals surface area contributed by atoms with Gasteiger partial charge < -0.3 is 14.7 Å². The first-order chi connectivity index (χ1) is 17.3. The molecule has 1 aromatic carbocycles. The van der Waals surface area contributed by atoms with Crippen molar-refractivity contribution in [1.29, 1.82) is 0 Å². The second kappa shape index (κ2) is 11.0. The summed E-state index contributed by atoms with van der Waals surface area (Å²) in [5, 5.41) is 11.5. The Labute approximate surface area is 211 Å². The number of aryl methyl sites for hydroxylation is 2. The fraction of sp³-hybridized carbons (Fsp3) is 0.429. The Kier molecular flexibility index (Phi) is 7.84. The van der Waals surface area contributed by atoms with Gasteiger partial charge in [-0.15, -0.1) is 0 Å². The molecule has 8 heteroatoms. The molecule has 1 amide bonds. The molecule has 1 saturated heterocycles. The van der Waals surface area contributed by atoms with Crippen molar-refractivity contribution in [3.8, 4) is 11.6 Å². The van der Waals surface area contributed by atoms with Gasteiger partial charge in [-0.25, -0.2) is 0 Å². The number of likely N-dealkylation sites (tertiary alicyclic amines) is 1. The van der Waals surface area contributed by atoms with Crippen molar-refractivity contribution in [2.75, 3.05) is 13.1 Å². The minimum atomic E-state index is -0.740. The Bertz CT molecular complexity index is 1260. The molecule has 3 aromatic rings. The van der Waals surface area contributed by atoms with Crippen molar-refractivity contribution >= 4 is 5.91 Å². The molecule has 8 nitrogen and oxygen atoms in total. The van der Waals surface area contributed by atoms with E-state index in [2.05, 4.69) is 9.97 Å². The van der Waals surface area contributed by atoms with E-state index in [1.54, 1.807) is 21.9 Å². The molecule has 4 rings (SSSR count). The van der Waals surface area contributed by atoms with E-state index in [1.807, 2.05) is 58.0 Å². The number of rotatable bonds is 8. The van der Waals surface area contributed by atoms with Crippen molar-refractivity contribution in [2.45, 2.75) is 65.6 Å². The number of hydrogen-bond donors (Lipinski definition) is 1. The van der Waals surface area contributed by atoms with Crippen LogP contribution in [0, 0.1) is 0 Å². The first-order valence-corrected chi connectivity index (χ1v) is 12.6. The maximum Gasteiger partial charge on any atom is 0.289 e. The van der Waals surface area contributed by atoms with Gasteiger partial charge in [0, 0.05) is 31.4 Å². The molecule has 1 N–H and O–H groups in total. The van der Waals surface area contributed by atoms with Crippen LogP contribution in [0.5, 0.6) is 5.88 Å². The Hall–Kier alpha value is -3.52. The molecule has 2 aromatic heterocycles. The molecule has 1 aliphatic heterocycles. The molecule has 3 heterocycles. The summed E-state index contributed by atoms with van der Waals surface area (Å²) in [4.78, 5) is 36.7. The average molecular weight is 491 g/mol. The maximum absolute atomic E-state index is 13.6. The number of aromatic nitrogens is 3. The minimum absolute atomic E-state index is 0.0317. The topological polar surface area (TPSA) is 97.6 Å². The highest BCUT2D eigenvalue weighted by Crippen LogP contribution is 2.31. The summed E-state index contributed by atoms with van der Waals surface area (Å²) in [5.74, 6) is -0.459. The van der Waals surface area contributed by atoms with Crippen molar-refractivity contribution in [2.24, 2.45) is 0 Å². The van der Waals surface area contributed by atoms with Gasteiger partial charge in [0.05, 0.1) is 11.8 Å². The lowest BCUT2D eigenvalue weighted by atomic mass is 10.00. The van der Waals surface area contributed by atoms with E-state index in [-0.39, 0.29) is 35.9 Å². The molecule has 1 atom stereocenters. The van der Waals surface area contributed by atoms with E-state index < -0.39 is 11.5 Å². The predicted molar refractivity (Wildman–Crippen MR) is 138 cm³/mol. The molecule has 0 bridgehead atoms. The molecule has 0 saturated carbocycles. The SMILES string of the molecule is CCc1cccc(CC)c1-n1c(COC(C)C)nc(=O)c(C(=O)N2CCC(c3ccncc3)C2)c1O. The van der Waals surface area contributed by atoms with E-state index in [1.165, 1.54) is 0 Å². The lowest BCUT2D eigenvalue weighted by Crippen LogP contribution is -2.35. The van der Waals surface area contributed by atoms with Crippen molar-refractivity contribution < 1.29 is 14.6 Å². The molecule has 0 radical (unpaired) electrons. The van der Waals surface area contributed by atoms with Gasteiger partial charge in [-0.3, -0.25) is 19.1 Å². The van der Waals surface area contributed by atoms with Gasteiger partial charge in [0.2, 0.25) is 5.88 Å². The van der Waals surface area contributed by atoms with Gasteiger partial charge >= 0.3 is 0 Å². The number of para-hydroxylation sites is 1. The van der Waals surface area contributed by atoms with Crippen LogP contribution in [0.25, 0.3) is 5.69 Å². The molecule has 0 aliphatic carbocycles. The third-order valence-electron chi connectivity index (χ3n) is 6.74. The minimum Gasteiger partial charge on any atom is -0.493 e. The van der Waals surface area contributed by atoms with Crippen LogP contribution in [0.4, 0.5) is 0 Å². The Morgan fingerprint density at radius 2 is 1.81 bits per heavy atom. The van der Waals surface area contributed by atoms with Crippen LogP contribution in [0.1, 0.15) is 72.9 Å². The highest BCUT2D eigenvalue weighted by molar-refractivity contribution is 5.96. The molecular formula is C28H34N4O4. The molecular weight excluding hydrogens is 456 g/mol. The van der Waals surface area contributed by atoms with E-state index in [4.69, 9.17) is 4.74 Å². The molecule has 0 spiro atoms. The van der Waals surface area contributed by atoms with Crippen LogP contribution >= 0.6 is 0 Å². The average Bonchev–Trinajstić information content (AvgIpc) is 3.38. The lowest BCUT2D eigenvalue weighted by molar-refractivity contribution is 0.0591. The van der Waals surface area contributed by atoms with E-state index in [0.29, 0.717) is 25.9 Å². The van der Waals surface area contributed by atoms with Gasteiger partial charge in [0.15, 0.2) is 5.56 Å². The summed E-state index contributed by atoms with van der Waals surface area (Å²) in [6.45, 7) is 8.84. The number of benzene rings is 1. The smallest absolute Gasteiger partial charge is 0.289 e. The first-order valence-electron chi connectivity index (χ1n) is 12.6. The van der Waals surface area contributed by atoms with Crippen molar-refractivity contribution in [1.82, 2.24) is 19.4 Å². The van der Waals surface area contributed by atoms with Crippen LogP contribution in [0.15, 0.2) is 47.5 Å². The Balaban J connectivity index is 1.81. The molecule has 1 fully saturated rings. The number of hydrogen-bond acceptors (Lipinski definition) is 6. The third kappa shape index (κ3) is 5.04. The number of nitrogens with zero attached hydrogens (tertiary/aromatic N) is 4. The van der Waals surface area contributed by atoms with Crippen LogP contribution in [0.3, 0.4) is 0 Å². The maximum atomic E-state index is 13.6. The largest absolute Gasteiger partial charge is 0.493 e. The van der Waals surface area contributed by atoms with Crippen molar-refractivity contribution in [3.05, 3.63) is 81.2 Å². The fourth-order valence-electron chi connectivity index (χ4n) is 4.83. The number of aromatic hydroxyl groups is 1. The van der Waals surface area contributed by atoms with Gasteiger partial charge in [-0.05, 0) is 61.9 Å². The fourth-order valence-corrected chi connectivity index (χ4v) is 4.83. The molecule has 1 aliphatic rings. The standard InChI is InChI=1S/C28H34N4O4/c1-5-19-8-7-9-20(6-2)25(19)32-23(17-36-18(3)4)30-26(33)24(28(32)35)27(34)31-15-12-22(16-31)21-10-13-29-14-11-21/h7-11,13-14,18,22,35H,5-6,12,15-17H2,1-4H3. The summed E-state index contributed by atoms with van der Waals surface area (Å²) in [6.07, 6.45) is 5.58. The van der Waals surface area contributed by atoms with Crippen LogP contribution in [-0.4, -0.2) is 49.6 Å². The molecule has 1 unspecified atom stereocenters. The quantitative estimate of drug-likeness (QED) is 0.512. The third-order valence-corrected chi connectivity index (χ3v) is 6.74. The number of ether oxygens (including phenoxy) is 1. The summed E-state index contributed by atoms with van der Waals surface area (Å²) in [6, 6.07) is 9.85. The second-order valence-electron chi connectivity index (χ2n) is 9.38. The Morgan fingerprint density at radius 3 is 2.42 bits per heavy atom. The summed E-state index contributed by atoms with van der Waals surface area (Å²) >= 11 is 0. The Morgan fingerprint density at radius 1 is 1.14 bits per heavy atom. The molecule has 190 valence electrons. The van der Waals surface area contributed by atoms with Gasteiger partial charge in [-0.1, -0.05) is 32.0 Å². The number of carbonyl (C=O) groups is 1. The number of carbonyl (C=O) groups excluding carboxylic acids is 1. The van der Waals surface area contributed by atoms with Gasteiger partial charge in [0.1, 0.15) is 12.4 Å². The monoisotopic (exact) mass is 490 g/mol. The number of amides is 1.